The molecule has 31 heavy (non-hydrogen) atoms. The standard InChI is InChI=1S/C23H24N6OS/c1-14-9-11-28-13-18(26-21(28)12-14)22(30)29-10-5-7-19(29)17-6-4-8-20(25-17)27-23-24-15(2)16(3)31-23/h4,6,8-9,11-13,19H,5,7,10H2,1-3H3,(H,24,25,27). The van der Waals surface area contributed by atoms with Crippen molar-refractivity contribution < 1.29 is 4.79 Å². The van der Waals surface area contributed by atoms with Gasteiger partial charge in [-0.05, 0) is 63.4 Å². The maximum atomic E-state index is 13.3. The van der Waals surface area contributed by atoms with Crippen molar-refractivity contribution in [3.05, 3.63) is 70.2 Å². The van der Waals surface area contributed by atoms with Crippen molar-refractivity contribution in [2.45, 2.75) is 39.7 Å². The molecular formula is C23H24N6OS. The van der Waals surface area contributed by atoms with Gasteiger partial charge in [-0.25, -0.2) is 15.0 Å². The van der Waals surface area contributed by atoms with Crippen LogP contribution < -0.4 is 5.32 Å². The van der Waals surface area contributed by atoms with E-state index in [1.807, 2.05) is 65.9 Å². The zero-order chi connectivity index (χ0) is 21.5. The molecule has 0 aromatic carbocycles. The maximum Gasteiger partial charge on any atom is 0.274 e. The number of carbonyl (C=O) groups excluding carboxylic acids is 1. The van der Waals surface area contributed by atoms with Gasteiger partial charge in [0, 0.05) is 23.8 Å². The van der Waals surface area contributed by atoms with Crippen molar-refractivity contribution in [2.75, 3.05) is 11.9 Å². The molecule has 1 fully saturated rings. The Labute approximate surface area is 184 Å². The monoisotopic (exact) mass is 432 g/mol. The van der Waals surface area contributed by atoms with E-state index in [1.54, 1.807) is 11.3 Å². The predicted octanol–water partition coefficient (Wildman–Crippen LogP) is 4.83. The number of thiazole rings is 1. The highest BCUT2D eigenvalue weighted by atomic mass is 32.1. The summed E-state index contributed by atoms with van der Waals surface area (Å²) in [6.45, 7) is 6.79. The largest absolute Gasteiger partial charge is 0.329 e. The third-order valence-corrected chi connectivity index (χ3v) is 6.71. The number of amides is 1. The molecule has 7 nitrogen and oxygen atoms in total. The lowest BCUT2D eigenvalue weighted by molar-refractivity contribution is 0.0727. The van der Waals surface area contributed by atoms with E-state index in [2.05, 4.69) is 22.2 Å². The van der Waals surface area contributed by atoms with Crippen molar-refractivity contribution in [3.8, 4) is 0 Å². The molecule has 8 heteroatoms. The zero-order valence-electron chi connectivity index (χ0n) is 17.8. The van der Waals surface area contributed by atoms with Crippen LogP contribution in [0.1, 0.15) is 51.2 Å². The lowest BCUT2D eigenvalue weighted by Crippen LogP contribution is -2.31. The minimum absolute atomic E-state index is 0.0461. The number of rotatable bonds is 4. The molecule has 1 aliphatic rings. The Kier molecular flexibility index (Phi) is 4.94. The van der Waals surface area contributed by atoms with Gasteiger partial charge in [-0.15, -0.1) is 11.3 Å². The van der Waals surface area contributed by atoms with Crippen LogP contribution in [-0.4, -0.2) is 36.7 Å². The number of aromatic nitrogens is 4. The quantitative estimate of drug-likeness (QED) is 0.500. The van der Waals surface area contributed by atoms with Crippen LogP contribution in [-0.2, 0) is 0 Å². The van der Waals surface area contributed by atoms with E-state index < -0.39 is 0 Å². The number of nitrogens with one attached hydrogen (secondary N) is 1. The molecule has 0 spiro atoms. The Morgan fingerprint density at radius 3 is 2.84 bits per heavy atom. The van der Waals surface area contributed by atoms with Crippen LogP contribution in [0.4, 0.5) is 10.9 Å². The fraction of sp³-hybridized carbons (Fsp3) is 0.304. The smallest absolute Gasteiger partial charge is 0.274 e. The molecule has 1 saturated heterocycles. The highest BCUT2D eigenvalue weighted by molar-refractivity contribution is 7.15. The van der Waals surface area contributed by atoms with E-state index in [1.165, 1.54) is 4.88 Å². The SMILES string of the molecule is Cc1ccn2cc(C(=O)N3CCCC3c3cccc(Nc4nc(C)c(C)s4)n3)nc2c1. The topological polar surface area (TPSA) is 75.4 Å². The first kappa shape index (κ1) is 19.7. The van der Waals surface area contributed by atoms with Crippen molar-refractivity contribution in [2.24, 2.45) is 0 Å². The van der Waals surface area contributed by atoms with Gasteiger partial charge in [0.1, 0.15) is 17.2 Å². The second-order valence-corrected chi connectivity index (χ2v) is 9.19. The zero-order valence-corrected chi connectivity index (χ0v) is 18.6. The first-order valence-electron chi connectivity index (χ1n) is 10.4. The maximum absolute atomic E-state index is 13.3. The van der Waals surface area contributed by atoms with Gasteiger partial charge in [-0.2, -0.15) is 0 Å². The first-order valence-corrected chi connectivity index (χ1v) is 11.2. The van der Waals surface area contributed by atoms with Crippen LogP contribution in [0.5, 0.6) is 0 Å². The number of hydrogen-bond acceptors (Lipinski definition) is 6. The van der Waals surface area contributed by atoms with E-state index in [4.69, 9.17) is 4.98 Å². The van der Waals surface area contributed by atoms with Gasteiger partial charge in [0.15, 0.2) is 5.13 Å². The fourth-order valence-electron chi connectivity index (χ4n) is 3.99. The molecule has 4 aromatic heterocycles. The summed E-state index contributed by atoms with van der Waals surface area (Å²) in [5.74, 6) is 0.698. The summed E-state index contributed by atoms with van der Waals surface area (Å²) in [5, 5.41) is 4.14. The number of pyridine rings is 2. The number of fused-ring (bicyclic) bond motifs is 1. The molecule has 1 amide bonds. The summed E-state index contributed by atoms with van der Waals surface area (Å²) in [7, 11) is 0. The molecule has 5 heterocycles. The van der Waals surface area contributed by atoms with Gasteiger partial charge in [-0.3, -0.25) is 4.79 Å². The number of carbonyl (C=O) groups is 1. The summed E-state index contributed by atoms with van der Waals surface area (Å²) >= 11 is 1.62. The van der Waals surface area contributed by atoms with Gasteiger partial charge < -0.3 is 14.6 Å². The fourth-order valence-corrected chi connectivity index (χ4v) is 4.82. The Morgan fingerprint density at radius 2 is 2.03 bits per heavy atom. The molecular weight excluding hydrogens is 408 g/mol. The number of aryl methyl sites for hydroxylation is 3. The molecule has 0 bridgehead atoms. The molecule has 1 atom stereocenters. The lowest BCUT2D eigenvalue weighted by Gasteiger charge is -2.23. The summed E-state index contributed by atoms with van der Waals surface area (Å²) in [6, 6.07) is 9.84. The van der Waals surface area contributed by atoms with Crippen LogP contribution in [0, 0.1) is 20.8 Å². The third kappa shape index (κ3) is 3.79. The lowest BCUT2D eigenvalue weighted by atomic mass is 10.1. The number of imidazole rings is 1. The molecule has 4 aromatic rings. The molecule has 0 radical (unpaired) electrons. The second kappa shape index (κ2) is 7.77. The van der Waals surface area contributed by atoms with Gasteiger partial charge in [0.05, 0.1) is 17.4 Å². The molecule has 1 aliphatic heterocycles. The van der Waals surface area contributed by atoms with Gasteiger partial charge >= 0.3 is 0 Å². The van der Waals surface area contributed by atoms with E-state index >= 15 is 0 Å². The Morgan fingerprint density at radius 1 is 1.16 bits per heavy atom. The minimum Gasteiger partial charge on any atom is -0.329 e. The Hall–Kier alpha value is -3.26. The van der Waals surface area contributed by atoms with Crippen molar-refractivity contribution >= 4 is 33.8 Å². The summed E-state index contributed by atoms with van der Waals surface area (Å²) in [4.78, 5) is 30.3. The predicted molar refractivity (Wildman–Crippen MR) is 122 cm³/mol. The normalized spacial score (nSPS) is 16.2. The average Bonchev–Trinajstić information content (AvgIpc) is 3.46. The van der Waals surface area contributed by atoms with Crippen LogP contribution in [0.2, 0.25) is 0 Å². The first-order chi connectivity index (χ1) is 15.0. The van der Waals surface area contributed by atoms with Crippen molar-refractivity contribution in [1.29, 1.82) is 0 Å². The molecule has 1 N–H and O–H groups in total. The molecule has 1 unspecified atom stereocenters. The average molecular weight is 433 g/mol. The highest BCUT2D eigenvalue weighted by Gasteiger charge is 2.32. The van der Waals surface area contributed by atoms with E-state index in [0.717, 1.165) is 46.4 Å². The molecule has 0 aliphatic carbocycles. The van der Waals surface area contributed by atoms with E-state index in [9.17, 15) is 4.79 Å². The van der Waals surface area contributed by atoms with E-state index in [0.29, 0.717) is 12.2 Å². The summed E-state index contributed by atoms with van der Waals surface area (Å²) < 4.78 is 1.89. The third-order valence-electron chi connectivity index (χ3n) is 5.72. The highest BCUT2D eigenvalue weighted by Crippen LogP contribution is 2.33. The molecule has 5 rings (SSSR count). The van der Waals surface area contributed by atoms with Crippen LogP contribution in [0.15, 0.2) is 42.7 Å². The number of likely N-dealkylation sites (tertiary alicyclic amines) is 1. The summed E-state index contributed by atoms with van der Waals surface area (Å²) in [6.07, 6.45) is 5.59. The number of nitrogens with zero attached hydrogens (tertiary/aromatic N) is 5. The van der Waals surface area contributed by atoms with Gasteiger partial charge in [0.2, 0.25) is 0 Å². The van der Waals surface area contributed by atoms with Crippen LogP contribution in [0.3, 0.4) is 0 Å². The summed E-state index contributed by atoms with van der Waals surface area (Å²) in [5.41, 5.74) is 4.30. The molecule has 0 saturated carbocycles. The second-order valence-electron chi connectivity index (χ2n) is 7.99. The van der Waals surface area contributed by atoms with E-state index in [-0.39, 0.29) is 11.9 Å². The van der Waals surface area contributed by atoms with Gasteiger partial charge in [0.25, 0.3) is 5.91 Å². The Bertz CT molecular complexity index is 1260. The van der Waals surface area contributed by atoms with Crippen LogP contribution >= 0.6 is 11.3 Å². The Balaban J connectivity index is 1.39. The van der Waals surface area contributed by atoms with Crippen molar-refractivity contribution in [1.82, 2.24) is 24.3 Å². The minimum atomic E-state index is -0.0550. The van der Waals surface area contributed by atoms with Gasteiger partial charge in [-0.1, -0.05) is 6.07 Å². The van der Waals surface area contributed by atoms with Crippen LogP contribution in [0.25, 0.3) is 5.65 Å². The number of anilines is 2. The number of hydrogen-bond donors (Lipinski definition) is 1. The van der Waals surface area contributed by atoms with Crippen molar-refractivity contribution in [3.63, 3.8) is 0 Å². The molecule has 158 valence electrons.